The summed E-state index contributed by atoms with van der Waals surface area (Å²) in [5.74, 6) is 0.443. The SMILES string of the molecule is CC(C)N1CC(CO)C(NC2CC2)C1. The maximum absolute atomic E-state index is 9.30. The second kappa shape index (κ2) is 4.17. The van der Waals surface area contributed by atoms with E-state index in [1.165, 1.54) is 12.8 Å². The molecular weight excluding hydrogens is 176 g/mol. The van der Waals surface area contributed by atoms with E-state index in [2.05, 4.69) is 24.1 Å². The smallest absolute Gasteiger partial charge is 0.0486 e. The van der Waals surface area contributed by atoms with Gasteiger partial charge in [0.25, 0.3) is 0 Å². The number of aliphatic hydroxyl groups excluding tert-OH is 1. The molecule has 1 saturated heterocycles. The number of aliphatic hydroxyl groups is 1. The van der Waals surface area contributed by atoms with Gasteiger partial charge in [-0.1, -0.05) is 0 Å². The number of likely N-dealkylation sites (tertiary alicyclic amines) is 1. The van der Waals surface area contributed by atoms with Gasteiger partial charge < -0.3 is 10.4 Å². The topological polar surface area (TPSA) is 35.5 Å². The van der Waals surface area contributed by atoms with Crippen molar-refractivity contribution in [1.82, 2.24) is 10.2 Å². The lowest BCUT2D eigenvalue weighted by Crippen LogP contribution is -2.39. The molecule has 0 amide bonds. The van der Waals surface area contributed by atoms with E-state index < -0.39 is 0 Å². The summed E-state index contributed by atoms with van der Waals surface area (Å²) in [6.07, 6.45) is 2.66. The molecule has 2 atom stereocenters. The van der Waals surface area contributed by atoms with Crippen LogP contribution in [0.4, 0.5) is 0 Å². The van der Waals surface area contributed by atoms with Gasteiger partial charge in [-0.3, -0.25) is 4.90 Å². The first-order valence-electron chi connectivity index (χ1n) is 5.81. The lowest BCUT2D eigenvalue weighted by molar-refractivity contribution is 0.201. The molecule has 2 N–H and O–H groups in total. The normalized spacial score (nSPS) is 34.3. The van der Waals surface area contributed by atoms with Crippen molar-refractivity contribution in [3.63, 3.8) is 0 Å². The van der Waals surface area contributed by atoms with E-state index in [1.807, 2.05) is 0 Å². The summed E-state index contributed by atoms with van der Waals surface area (Å²) in [5.41, 5.74) is 0. The number of nitrogens with one attached hydrogen (secondary N) is 1. The number of rotatable bonds is 4. The molecule has 0 spiro atoms. The van der Waals surface area contributed by atoms with Gasteiger partial charge in [0.05, 0.1) is 0 Å². The predicted octanol–water partition coefficient (Wildman–Crippen LogP) is 0.439. The molecule has 0 aromatic carbocycles. The van der Waals surface area contributed by atoms with Crippen LogP contribution in [-0.2, 0) is 0 Å². The third-order valence-corrected chi connectivity index (χ3v) is 3.46. The monoisotopic (exact) mass is 198 g/mol. The van der Waals surface area contributed by atoms with Gasteiger partial charge in [-0.15, -0.1) is 0 Å². The molecule has 0 bridgehead atoms. The van der Waals surface area contributed by atoms with Gasteiger partial charge in [0, 0.05) is 43.7 Å². The van der Waals surface area contributed by atoms with Crippen LogP contribution in [0.15, 0.2) is 0 Å². The van der Waals surface area contributed by atoms with E-state index in [0.29, 0.717) is 24.6 Å². The molecular formula is C11H22N2O. The Hall–Kier alpha value is -0.120. The largest absolute Gasteiger partial charge is 0.396 e. The van der Waals surface area contributed by atoms with Crippen LogP contribution in [0.1, 0.15) is 26.7 Å². The van der Waals surface area contributed by atoms with Crippen LogP contribution in [0.5, 0.6) is 0 Å². The first kappa shape index (κ1) is 10.4. The highest BCUT2D eigenvalue weighted by Crippen LogP contribution is 2.25. The minimum Gasteiger partial charge on any atom is -0.396 e. The Kier molecular flexibility index (Phi) is 3.10. The fourth-order valence-electron chi connectivity index (χ4n) is 2.25. The van der Waals surface area contributed by atoms with Crippen LogP contribution in [-0.4, -0.2) is 47.8 Å². The zero-order valence-corrected chi connectivity index (χ0v) is 9.24. The van der Waals surface area contributed by atoms with E-state index in [4.69, 9.17) is 0 Å². The van der Waals surface area contributed by atoms with Crippen molar-refractivity contribution in [2.45, 2.75) is 44.8 Å². The van der Waals surface area contributed by atoms with Crippen molar-refractivity contribution in [2.24, 2.45) is 5.92 Å². The van der Waals surface area contributed by atoms with Crippen LogP contribution in [0.2, 0.25) is 0 Å². The zero-order valence-electron chi connectivity index (χ0n) is 9.24. The zero-order chi connectivity index (χ0) is 10.1. The predicted molar refractivity (Wildman–Crippen MR) is 57.2 cm³/mol. The Morgan fingerprint density at radius 1 is 1.36 bits per heavy atom. The van der Waals surface area contributed by atoms with Crippen molar-refractivity contribution < 1.29 is 5.11 Å². The van der Waals surface area contributed by atoms with Crippen molar-refractivity contribution in [3.8, 4) is 0 Å². The second-order valence-corrected chi connectivity index (χ2v) is 5.04. The first-order chi connectivity index (χ1) is 6.70. The maximum Gasteiger partial charge on any atom is 0.0486 e. The maximum atomic E-state index is 9.30. The highest BCUT2D eigenvalue weighted by Gasteiger charge is 2.36. The molecule has 2 unspecified atom stereocenters. The van der Waals surface area contributed by atoms with Crippen LogP contribution in [0.3, 0.4) is 0 Å². The summed E-state index contributed by atoms with van der Waals surface area (Å²) in [6, 6.07) is 1.88. The molecule has 1 aliphatic carbocycles. The fourth-order valence-corrected chi connectivity index (χ4v) is 2.25. The van der Waals surface area contributed by atoms with Crippen LogP contribution in [0.25, 0.3) is 0 Å². The molecule has 2 aliphatic rings. The molecule has 1 heterocycles. The molecule has 0 aromatic rings. The average Bonchev–Trinajstić information content (AvgIpc) is 2.84. The molecule has 82 valence electrons. The molecule has 3 nitrogen and oxygen atoms in total. The Morgan fingerprint density at radius 2 is 2.07 bits per heavy atom. The van der Waals surface area contributed by atoms with Gasteiger partial charge in [0.15, 0.2) is 0 Å². The van der Waals surface area contributed by atoms with Gasteiger partial charge in [-0.25, -0.2) is 0 Å². The van der Waals surface area contributed by atoms with Crippen molar-refractivity contribution >= 4 is 0 Å². The lowest BCUT2D eigenvalue weighted by Gasteiger charge is -2.20. The Balaban J connectivity index is 1.87. The van der Waals surface area contributed by atoms with Crippen LogP contribution in [0, 0.1) is 5.92 Å². The van der Waals surface area contributed by atoms with E-state index in [0.717, 1.165) is 19.1 Å². The summed E-state index contributed by atoms with van der Waals surface area (Å²) < 4.78 is 0. The molecule has 2 rings (SSSR count). The van der Waals surface area contributed by atoms with Gasteiger partial charge in [-0.2, -0.15) is 0 Å². The van der Waals surface area contributed by atoms with Gasteiger partial charge in [0.1, 0.15) is 0 Å². The Bertz CT molecular complexity index is 192. The molecule has 1 aliphatic heterocycles. The third kappa shape index (κ3) is 2.27. The second-order valence-electron chi connectivity index (χ2n) is 5.04. The molecule has 0 aromatic heterocycles. The minimum atomic E-state index is 0.327. The standard InChI is InChI=1S/C11H22N2O/c1-8(2)13-5-9(7-14)11(6-13)12-10-3-4-10/h8-12,14H,3-7H2,1-2H3. The van der Waals surface area contributed by atoms with Crippen LogP contribution >= 0.6 is 0 Å². The summed E-state index contributed by atoms with van der Waals surface area (Å²) in [4.78, 5) is 2.46. The average molecular weight is 198 g/mol. The number of hydrogen-bond acceptors (Lipinski definition) is 3. The summed E-state index contributed by atoms with van der Waals surface area (Å²) >= 11 is 0. The molecule has 14 heavy (non-hydrogen) atoms. The summed E-state index contributed by atoms with van der Waals surface area (Å²) in [6.45, 7) is 6.95. The van der Waals surface area contributed by atoms with E-state index >= 15 is 0 Å². The molecule has 0 radical (unpaired) electrons. The summed E-state index contributed by atoms with van der Waals surface area (Å²) in [7, 11) is 0. The number of hydrogen-bond donors (Lipinski definition) is 2. The molecule has 2 fully saturated rings. The highest BCUT2D eigenvalue weighted by atomic mass is 16.3. The number of nitrogens with zero attached hydrogens (tertiary/aromatic N) is 1. The van der Waals surface area contributed by atoms with E-state index in [9.17, 15) is 5.11 Å². The van der Waals surface area contributed by atoms with Gasteiger partial charge >= 0.3 is 0 Å². The summed E-state index contributed by atoms with van der Waals surface area (Å²) in [5, 5.41) is 12.9. The van der Waals surface area contributed by atoms with Crippen molar-refractivity contribution in [3.05, 3.63) is 0 Å². The molecule has 1 saturated carbocycles. The van der Waals surface area contributed by atoms with E-state index in [-0.39, 0.29) is 0 Å². The van der Waals surface area contributed by atoms with Gasteiger partial charge in [0.2, 0.25) is 0 Å². The highest BCUT2D eigenvalue weighted by molar-refractivity contribution is 4.94. The van der Waals surface area contributed by atoms with Crippen LogP contribution < -0.4 is 5.32 Å². The third-order valence-electron chi connectivity index (χ3n) is 3.46. The Labute approximate surface area is 86.5 Å². The van der Waals surface area contributed by atoms with E-state index in [1.54, 1.807) is 0 Å². The quantitative estimate of drug-likeness (QED) is 0.688. The fraction of sp³-hybridized carbons (Fsp3) is 1.00. The Morgan fingerprint density at radius 3 is 2.57 bits per heavy atom. The van der Waals surface area contributed by atoms with Crippen molar-refractivity contribution in [2.75, 3.05) is 19.7 Å². The first-order valence-corrected chi connectivity index (χ1v) is 5.81. The van der Waals surface area contributed by atoms with Gasteiger partial charge in [-0.05, 0) is 26.7 Å². The lowest BCUT2D eigenvalue weighted by atomic mass is 10.1. The minimum absolute atomic E-state index is 0.327. The molecule has 3 heteroatoms. The van der Waals surface area contributed by atoms with Crippen molar-refractivity contribution in [1.29, 1.82) is 0 Å².